The second-order valence-corrected chi connectivity index (χ2v) is 2.77. The van der Waals surface area contributed by atoms with E-state index in [0.29, 0.717) is 5.56 Å². The van der Waals surface area contributed by atoms with Crippen molar-refractivity contribution >= 4 is 17.7 Å². The Hall–Kier alpha value is -0.960. The highest BCUT2D eigenvalue weighted by molar-refractivity contribution is 7.97. The summed E-state index contributed by atoms with van der Waals surface area (Å²) in [6, 6.07) is 4.65. The Labute approximate surface area is 70.3 Å². The zero-order chi connectivity index (χ0) is 8.43. The summed E-state index contributed by atoms with van der Waals surface area (Å²) in [5, 5.41) is 8.73. The van der Waals surface area contributed by atoms with Gasteiger partial charge in [0.2, 0.25) is 5.12 Å². The molecular formula is C8H8O2S. The molecule has 0 atom stereocenters. The van der Waals surface area contributed by atoms with Crippen LogP contribution in [0.15, 0.2) is 18.2 Å². The molecule has 0 amide bonds. The van der Waals surface area contributed by atoms with E-state index in [1.165, 1.54) is 6.07 Å². The molecule has 0 saturated carbocycles. The number of hydrogen-bond acceptors (Lipinski definition) is 2. The minimum Gasteiger partial charge on any atom is -0.508 e. The van der Waals surface area contributed by atoms with Gasteiger partial charge in [-0.05, 0) is 30.7 Å². The molecule has 1 aromatic rings. The SMILES string of the molecule is Cc1cc(O)cc(C(=O)S)c1. The first-order valence-corrected chi connectivity index (χ1v) is 3.58. The molecule has 0 aliphatic heterocycles. The van der Waals surface area contributed by atoms with Gasteiger partial charge in [-0.2, -0.15) is 0 Å². The number of phenols is 1. The molecule has 0 heterocycles. The fraction of sp³-hybridized carbons (Fsp3) is 0.125. The topological polar surface area (TPSA) is 37.3 Å². The van der Waals surface area contributed by atoms with Gasteiger partial charge in [0, 0.05) is 5.56 Å². The molecule has 1 rings (SSSR count). The lowest BCUT2D eigenvalue weighted by molar-refractivity contribution is 0.109. The number of carbonyl (C=O) groups excluding carboxylic acids is 1. The van der Waals surface area contributed by atoms with Crippen molar-refractivity contribution < 1.29 is 9.90 Å². The van der Waals surface area contributed by atoms with Crippen LogP contribution in [0.1, 0.15) is 15.9 Å². The first kappa shape index (κ1) is 8.14. The number of thiol groups is 1. The van der Waals surface area contributed by atoms with Crippen molar-refractivity contribution in [1.29, 1.82) is 0 Å². The Kier molecular flexibility index (Phi) is 2.19. The third-order valence-electron chi connectivity index (χ3n) is 1.31. The van der Waals surface area contributed by atoms with Crippen molar-refractivity contribution in [1.82, 2.24) is 0 Å². The van der Waals surface area contributed by atoms with E-state index in [9.17, 15) is 4.79 Å². The Morgan fingerprint density at radius 1 is 1.45 bits per heavy atom. The van der Waals surface area contributed by atoms with Gasteiger partial charge in [0.1, 0.15) is 5.75 Å². The fourth-order valence-corrected chi connectivity index (χ4v) is 1.02. The summed E-state index contributed by atoms with van der Waals surface area (Å²) < 4.78 is 0. The van der Waals surface area contributed by atoms with Gasteiger partial charge >= 0.3 is 0 Å². The quantitative estimate of drug-likeness (QED) is 0.627. The lowest BCUT2D eigenvalue weighted by atomic mass is 10.1. The molecule has 1 N–H and O–H groups in total. The Bertz CT molecular complexity index is 274. The van der Waals surface area contributed by atoms with E-state index in [1.807, 2.05) is 0 Å². The summed E-state index contributed by atoms with van der Waals surface area (Å²) in [5.41, 5.74) is 1.27. The van der Waals surface area contributed by atoms with Gasteiger partial charge in [-0.1, -0.05) is 0 Å². The van der Waals surface area contributed by atoms with E-state index in [0.717, 1.165) is 5.56 Å². The van der Waals surface area contributed by atoms with Gasteiger partial charge in [-0.25, -0.2) is 0 Å². The first-order valence-electron chi connectivity index (χ1n) is 3.13. The summed E-state index contributed by atoms with van der Waals surface area (Å²) >= 11 is 3.63. The molecule has 0 fully saturated rings. The van der Waals surface area contributed by atoms with E-state index in [2.05, 4.69) is 12.6 Å². The van der Waals surface area contributed by atoms with Crippen LogP contribution in [0, 0.1) is 6.92 Å². The molecule has 0 aromatic heterocycles. The number of hydrogen-bond donors (Lipinski definition) is 2. The fourth-order valence-electron chi connectivity index (χ4n) is 0.886. The average Bonchev–Trinajstić information content (AvgIpc) is 1.85. The van der Waals surface area contributed by atoms with Gasteiger partial charge in [0.05, 0.1) is 0 Å². The Morgan fingerprint density at radius 3 is 2.55 bits per heavy atom. The highest BCUT2D eigenvalue weighted by Gasteiger charge is 2.01. The molecule has 0 spiro atoms. The average molecular weight is 168 g/mol. The summed E-state index contributed by atoms with van der Waals surface area (Å²) in [5.74, 6) is 0.0994. The number of carbonyl (C=O) groups is 1. The molecule has 0 aliphatic carbocycles. The Balaban J connectivity index is 3.19. The normalized spacial score (nSPS) is 9.64. The van der Waals surface area contributed by atoms with Gasteiger partial charge < -0.3 is 5.11 Å². The zero-order valence-electron chi connectivity index (χ0n) is 6.03. The van der Waals surface area contributed by atoms with E-state index in [4.69, 9.17) is 5.11 Å². The van der Waals surface area contributed by atoms with Gasteiger partial charge in [0.25, 0.3) is 0 Å². The van der Waals surface area contributed by atoms with Crippen molar-refractivity contribution in [2.75, 3.05) is 0 Å². The van der Waals surface area contributed by atoms with Crippen LogP contribution in [-0.2, 0) is 0 Å². The van der Waals surface area contributed by atoms with E-state index in [1.54, 1.807) is 19.1 Å². The number of benzene rings is 1. The van der Waals surface area contributed by atoms with Crippen molar-refractivity contribution in [3.63, 3.8) is 0 Å². The monoisotopic (exact) mass is 168 g/mol. The third-order valence-corrected chi connectivity index (χ3v) is 1.57. The van der Waals surface area contributed by atoms with E-state index >= 15 is 0 Å². The molecular weight excluding hydrogens is 160 g/mol. The lowest BCUT2D eigenvalue weighted by Gasteiger charge is -1.98. The minimum absolute atomic E-state index is 0.0994. The molecule has 2 nitrogen and oxygen atoms in total. The van der Waals surface area contributed by atoms with Crippen LogP contribution in [-0.4, -0.2) is 10.2 Å². The highest BCUT2D eigenvalue weighted by atomic mass is 32.1. The summed E-state index contributed by atoms with van der Waals surface area (Å²) in [4.78, 5) is 10.7. The molecule has 0 saturated heterocycles. The standard InChI is InChI=1S/C8H8O2S/c1-5-2-6(8(10)11)4-7(9)3-5/h2-4,9H,1H3,(H,10,11). The smallest absolute Gasteiger partial charge is 0.216 e. The number of aromatic hydroxyl groups is 1. The predicted octanol–water partition coefficient (Wildman–Crippen LogP) is 1.77. The van der Waals surface area contributed by atoms with E-state index in [-0.39, 0.29) is 10.9 Å². The summed E-state index contributed by atoms with van der Waals surface area (Å²) in [6.45, 7) is 1.81. The predicted molar refractivity (Wildman–Crippen MR) is 46.2 cm³/mol. The maximum atomic E-state index is 10.7. The maximum Gasteiger partial charge on any atom is 0.216 e. The number of rotatable bonds is 1. The van der Waals surface area contributed by atoms with Crippen molar-refractivity contribution in [3.05, 3.63) is 29.3 Å². The third kappa shape index (κ3) is 1.98. The van der Waals surface area contributed by atoms with Crippen LogP contribution >= 0.6 is 12.6 Å². The molecule has 0 unspecified atom stereocenters. The van der Waals surface area contributed by atoms with Crippen LogP contribution < -0.4 is 0 Å². The van der Waals surface area contributed by atoms with Gasteiger partial charge in [0.15, 0.2) is 0 Å². The van der Waals surface area contributed by atoms with Crippen molar-refractivity contribution in [2.45, 2.75) is 6.92 Å². The lowest BCUT2D eigenvalue weighted by Crippen LogP contribution is -1.88. The van der Waals surface area contributed by atoms with E-state index < -0.39 is 0 Å². The van der Waals surface area contributed by atoms with Crippen LogP contribution in [0.4, 0.5) is 0 Å². The second-order valence-electron chi connectivity index (χ2n) is 2.36. The molecule has 0 radical (unpaired) electrons. The van der Waals surface area contributed by atoms with Crippen LogP contribution in [0.2, 0.25) is 0 Å². The number of aryl methyl sites for hydroxylation is 1. The highest BCUT2D eigenvalue weighted by Crippen LogP contribution is 2.15. The molecule has 58 valence electrons. The first-order chi connectivity index (χ1) is 5.09. The van der Waals surface area contributed by atoms with Crippen LogP contribution in [0.25, 0.3) is 0 Å². The summed E-state index contributed by atoms with van der Waals surface area (Å²) in [6.07, 6.45) is 0. The van der Waals surface area contributed by atoms with Gasteiger partial charge in [-0.3, -0.25) is 4.79 Å². The maximum absolute atomic E-state index is 10.7. The minimum atomic E-state index is -0.330. The molecule has 11 heavy (non-hydrogen) atoms. The van der Waals surface area contributed by atoms with Crippen molar-refractivity contribution in [3.8, 4) is 5.75 Å². The molecule has 0 bridgehead atoms. The van der Waals surface area contributed by atoms with Crippen LogP contribution in [0.3, 0.4) is 0 Å². The largest absolute Gasteiger partial charge is 0.508 e. The zero-order valence-corrected chi connectivity index (χ0v) is 6.93. The summed E-state index contributed by atoms with van der Waals surface area (Å²) in [7, 11) is 0. The molecule has 1 aromatic carbocycles. The van der Waals surface area contributed by atoms with Crippen molar-refractivity contribution in [2.24, 2.45) is 0 Å². The molecule has 0 aliphatic rings. The Morgan fingerprint density at radius 2 is 2.09 bits per heavy atom. The van der Waals surface area contributed by atoms with Crippen LogP contribution in [0.5, 0.6) is 5.75 Å². The second kappa shape index (κ2) is 2.96. The molecule has 3 heteroatoms. The number of phenolic OH excluding ortho intramolecular Hbond substituents is 1. The van der Waals surface area contributed by atoms with Gasteiger partial charge in [-0.15, -0.1) is 12.6 Å².